The standard InChI is InChI=1S/C17H24N4OS/c22-16(13-4-2-1-3-5-13)20-10-8-12(9-11-20)15-18-19-17(23)21(15)14-6-7-14/h1-2,12-14H,3-11H2,(H,19,23)/t13-/m1/s1. The first-order valence-electron chi connectivity index (χ1n) is 8.84. The van der Waals surface area contributed by atoms with Gasteiger partial charge in [-0.15, -0.1) is 0 Å². The highest BCUT2D eigenvalue weighted by molar-refractivity contribution is 7.71. The molecule has 1 aliphatic heterocycles. The number of H-pyrrole nitrogens is 1. The Hall–Kier alpha value is -1.43. The highest BCUT2D eigenvalue weighted by atomic mass is 32.1. The van der Waals surface area contributed by atoms with Crippen molar-refractivity contribution in [1.29, 1.82) is 0 Å². The maximum Gasteiger partial charge on any atom is 0.226 e. The van der Waals surface area contributed by atoms with Gasteiger partial charge in [-0.3, -0.25) is 9.89 Å². The van der Waals surface area contributed by atoms with E-state index in [4.69, 9.17) is 12.2 Å². The SMILES string of the molecule is O=C([C@@H]1CC=CCC1)N1CCC(c2n[nH]c(=S)n2C2CC2)CC1. The number of nitrogens with one attached hydrogen (secondary N) is 1. The number of allylic oxidation sites excluding steroid dienone is 2. The smallest absolute Gasteiger partial charge is 0.226 e. The molecule has 1 aromatic heterocycles. The molecule has 2 heterocycles. The van der Waals surface area contributed by atoms with Crippen molar-refractivity contribution >= 4 is 18.1 Å². The minimum atomic E-state index is 0.206. The Morgan fingerprint density at radius 1 is 1.17 bits per heavy atom. The van der Waals surface area contributed by atoms with Crippen molar-refractivity contribution in [3.63, 3.8) is 0 Å². The molecule has 3 aliphatic rings. The molecule has 1 aromatic rings. The van der Waals surface area contributed by atoms with Gasteiger partial charge in [0.15, 0.2) is 4.77 Å². The molecule has 124 valence electrons. The molecule has 2 fully saturated rings. The van der Waals surface area contributed by atoms with E-state index in [9.17, 15) is 4.79 Å². The number of piperidine rings is 1. The van der Waals surface area contributed by atoms with E-state index in [0.29, 0.717) is 17.9 Å². The van der Waals surface area contributed by atoms with Crippen molar-refractivity contribution in [1.82, 2.24) is 19.7 Å². The molecule has 4 rings (SSSR count). The van der Waals surface area contributed by atoms with Crippen LogP contribution in [0.1, 0.15) is 62.7 Å². The third-order valence-electron chi connectivity index (χ3n) is 5.43. The molecule has 6 heteroatoms. The van der Waals surface area contributed by atoms with E-state index in [0.717, 1.165) is 55.8 Å². The average molecular weight is 332 g/mol. The molecule has 0 aromatic carbocycles. The summed E-state index contributed by atoms with van der Waals surface area (Å²) in [7, 11) is 0. The van der Waals surface area contributed by atoms with Gasteiger partial charge in [0.1, 0.15) is 5.82 Å². The number of hydrogen-bond acceptors (Lipinski definition) is 3. The van der Waals surface area contributed by atoms with Crippen LogP contribution in [-0.4, -0.2) is 38.7 Å². The minimum absolute atomic E-state index is 0.206. The van der Waals surface area contributed by atoms with E-state index < -0.39 is 0 Å². The Morgan fingerprint density at radius 3 is 2.61 bits per heavy atom. The Morgan fingerprint density at radius 2 is 1.96 bits per heavy atom. The third kappa shape index (κ3) is 3.01. The number of carbonyl (C=O) groups excluding carboxylic acids is 1. The van der Waals surface area contributed by atoms with E-state index in [-0.39, 0.29) is 5.92 Å². The largest absolute Gasteiger partial charge is 0.342 e. The van der Waals surface area contributed by atoms with Crippen LogP contribution in [-0.2, 0) is 4.79 Å². The van der Waals surface area contributed by atoms with Crippen LogP contribution in [0.5, 0.6) is 0 Å². The molecule has 5 nitrogen and oxygen atoms in total. The van der Waals surface area contributed by atoms with Crippen LogP contribution >= 0.6 is 12.2 Å². The summed E-state index contributed by atoms with van der Waals surface area (Å²) < 4.78 is 2.98. The quantitative estimate of drug-likeness (QED) is 0.682. The van der Waals surface area contributed by atoms with Crippen LogP contribution in [0.3, 0.4) is 0 Å². The number of nitrogens with zero attached hydrogens (tertiary/aromatic N) is 3. The number of aromatic nitrogens is 3. The summed E-state index contributed by atoms with van der Waals surface area (Å²) in [5.74, 6) is 2.11. The highest BCUT2D eigenvalue weighted by Gasteiger charge is 2.33. The molecule has 1 N–H and O–H groups in total. The monoisotopic (exact) mass is 332 g/mol. The van der Waals surface area contributed by atoms with Crippen molar-refractivity contribution in [2.75, 3.05) is 13.1 Å². The zero-order chi connectivity index (χ0) is 15.8. The first-order chi connectivity index (χ1) is 11.2. The summed E-state index contributed by atoms with van der Waals surface area (Å²) in [6.07, 6.45) is 11.8. The number of carbonyl (C=O) groups is 1. The van der Waals surface area contributed by atoms with E-state index in [2.05, 4.69) is 31.8 Å². The van der Waals surface area contributed by atoms with Gasteiger partial charge in [-0.2, -0.15) is 5.10 Å². The van der Waals surface area contributed by atoms with E-state index in [1.807, 2.05) is 0 Å². The fourth-order valence-electron chi connectivity index (χ4n) is 3.92. The van der Waals surface area contributed by atoms with Gasteiger partial charge < -0.3 is 9.47 Å². The first kappa shape index (κ1) is 15.1. The summed E-state index contributed by atoms with van der Waals surface area (Å²) >= 11 is 5.38. The summed E-state index contributed by atoms with van der Waals surface area (Å²) in [6, 6.07) is 0.560. The summed E-state index contributed by atoms with van der Waals surface area (Å²) in [5, 5.41) is 7.46. The van der Waals surface area contributed by atoms with Crippen molar-refractivity contribution in [2.24, 2.45) is 5.92 Å². The van der Waals surface area contributed by atoms with Gasteiger partial charge in [-0.25, -0.2) is 0 Å². The molecule has 0 unspecified atom stereocenters. The Kier molecular flexibility index (Phi) is 4.09. The molecule has 23 heavy (non-hydrogen) atoms. The number of likely N-dealkylation sites (tertiary alicyclic amines) is 1. The maximum absolute atomic E-state index is 12.6. The van der Waals surface area contributed by atoms with Crippen molar-refractivity contribution in [3.8, 4) is 0 Å². The van der Waals surface area contributed by atoms with Crippen molar-refractivity contribution in [2.45, 2.75) is 56.9 Å². The predicted octanol–water partition coefficient (Wildman–Crippen LogP) is 3.34. The van der Waals surface area contributed by atoms with Gasteiger partial charge >= 0.3 is 0 Å². The number of amides is 1. The van der Waals surface area contributed by atoms with Crippen molar-refractivity contribution < 1.29 is 4.79 Å². The second-order valence-electron chi connectivity index (χ2n) is 7.07. The van der Waals surface area contributed by atoms with E-state index in [1.54, 1.807) is 0 Å². The van der Waals surface area contributed by atoms with Crippen LogP contribution in [0.4, 0.5) is 0 Å². The van der Waals surface area contributed by atoms with E-state index in [1.165, 1.54) is 12.8 Å². The second kappa shape index (κ2) is 6.23. The van der Waals surface area contributed by atoms with Gasteiger partial charge in [0, 0.05) is 31.0 Å². The molecule has 1 saturated carbocycles. The topological polar surface area (TPSA) is 53.9 Å². The second-order valence-corrected chi connectivity index (χ2v) is 7.46. The van der Waals surface area contributed by atoms with Crippen LogP contribution in [0.25, 0.3) is 0 Å². The van der Waals surface area contributed by atoms with Gasteiger partial charge in [0.25, 0.3) is 0 Å². The van der Waals surface area contributed by atoms with Crippen LogP contribution in [0.2, 0.25) is 0 Å². The van der Waals surface area contributed by atoms with E-state index >= 15 is 0 Å². The minimum Gasteiger partial charge on any atom is -0.342 e. The molecular weight excluding hydrogens is 308 g/mol. The summed E-state index contributed by atoms with van der Waals surface area (Å²) in [5.41, 5.74) is 0. The summed E-state index contributed by atoms with van der Waals surface area (Å²) in [6.45, 7) is 1.71. The fraction of sp³-hybridized carbons (Fsp3) is 0.706. The van der Waals surface area contributed by atoms with Gasteiger partial charge in [-0.05, 0) is 57.2 Å². The zero-order valence-electron chi connectivity index (χ0n) is 13.4. The van der Waals surface area contributed by atoms with Crippen LogP contribution < -0.4 is 0 Å². The molecule has 0 bridgehead atoms. The highest BCUT2D eigenvalue weighted by Crippen LogP contribution is 2.39. The molecule has 1 saturated heterocycles. The van der Waals surface area contributed by atoms with Gasteiger partial charge in [0.05, 0.1) is 0 Å². The maximum atomic E-state index is 12.6. The number of aromatic amines is 1. The normalized spacial score (nSPS) is 25.7. The lowest BCUT2D eigenvalue weighted by atomic mass is 9.90. The Bertz CT molecular complexity index is 664. The first-order valence-corrected chi connectivity index (χ1v) is 9.25. The Labute approximate surface area is 141 Å². The van der Waals surface area contributed by atoms with Crippen LogP contribution in [0, 0.1) is 10.7 Å². The molecule has 0 spiro atoms. The Balaban J connectivity index is 1.40. The third-order valence-corrected chi connectivity index (χ3v) is 5.72. The van der Waals surface area contributed by atoms with Gasteiger partial charge in [-0.1, -0.05) is 12.2 Å². The fourth-order valence-corrected chi connectivity index (χ4v) is 4.21. The molecule has 0 radical (unpaired) electrons. The van der Waals surface area contributed by atoms with Crippen LogP contribution in [0.15, 0.2) is 12.2 Å². The lowest BCUT2D eigenvalue weighted by Crippen LogP contribution is -2.41. The number of rotatable bonds is 3. The molecule has 2 aliphatic carbocycles. The van der Waals surface area contributed by atoms with Gasteiger partial charge in [0.2, 0.25) is 5.91 Å². The molecule has 1 atom stereocenters. The summed E-state index contributed by atoms with van der Waals surface area (Å²) in [4.78, 5) is 14.7. The van der Waals surface area contributed by atoms with Crippen molar-refractivity contribution in [3.05, 3.63) is 22.7 Å². The predicted molar refractivity (Wildman–Crippen MR) is 90.7 cm³/mol. The molecule has 1 amide bonds. The number of hydrogen-bond donors (Lipinski definition) is 1. The zero-order valence-corrected chi connectivity index (χ0v) is 14.2. The average Bonchev–Trinajstić information content (AvgIpc) is 3.37. The molecular formula is C17H24N4OS. The lowest BCUT2D eigenvalue weighted by Gasteiger charge is -2.34. The lowest BCUT2D eigenvalue weighted by molar-refractivity contribution is -0.136.